The van der Waals surface area contributed by atoms with Crippen molar-refractivity contribution >= 4 is 23.7 Å². The highest BCUT2D eigenvalue weighted by molar-refractivity contribution is 5.91. The zero-order valence-electron chi connectivity index (χ0n) is 19.2. The second-order valence-corrected chi connectivity index (χ2v) is 8.33. The molecule has 0 bridgehead atoms. The zero-order valence-corrected chi connectivity index (χ0v) is 19.2. The fourth-order valence-corrected chi connectivity index (χ4v) is 4.19. The molecule has 0 saturated carbocycles. The minimum absolute atomic E-state index is 0.0321. The van der Waals surface area contributed by atoms with Gasteiger partial charge in [0, 0.05) is 30.1 Å². The summed E-state index contributed by atoms with van der Waals surface area (Å²) in [5.74, 6) is -1.11. The van der Waals surface area contributed by atoms with Gasteiger partial charge in [0.05, 0.1) is 0 Å². The Morgan fingerprint density at radius 1 is 0.943 bits per heavy atom. The van der Waals surface area contributed by atoms with Crippen LogP contribution >= 0.6 is 0 Å². The van der Waals surface area contributed by atoms with Crippen LogP contribution in [0.1, 0.15) is 30.4 Å². The standard InChI is InChI=1S/C27H26N2O6/c1-17(13-25(30)29-18-7-6-8-19(14-18)34-16-26(31)32)28-27(33)35-15-24-22-11-4-2-9-20(22)21-10-3-5-12-23(21)24/h2-12,14,17,24H,13,15-16H2,1H3,(H,28,33)(H,29,30)(H,31,32)/t17-/m1/s1. The van der Waals surface area contributed by atoms with Gasteiger partial charge in [0.2, 0.25) is 5.91 Å². The van der Waals surface area contributed by atoms with E-state index >= 15 is 0 Å². The Morgan fingerprint density at radius 2 is 1.60 bits per heavy atom. The quantitative estimate of drug-likeness (QED) is 0.423. The van der Waals surface area contributed by atoms with Crippen molar-refractivity contribution in [2.45, 2.75) is 25.3 Å². The van der Waals surface area contributed by atoms with Gasteiger partial charge in [-0.2, -0.15) is 0 Å². The molecule has 180 valence electrons. The molecule has 8 heteroatoms. The lowest BCUT2D eigenvalue weighted by Crippen LogP contribution is -2.36. The molecule has 0 saturated heterocycles. The van der Waals surface area contributed by atoms with Crippen LogP contribution in [0.3, 0.4) is 0 Å². The first-order valence-electron chi connectivity index (χ1n) is 11.3. The first kappa shape index (κ1) is 23.8. The number of carboxylic acids is 1. The van der Waals surface area contributed by atoms with Crippen molar-refractivity contribution < 1.29 is 29.0 Å². The summed E-state index contributed by atoms with van der Waals surface area (Å²) in [4.78, 5) is 35.4. The molecule has 0 radical (unpaired) electrons. The number of hydrogen-bond acceptors (Lipinski definition) is 5. The summed E-state index contributed by atoms with van der Waals surface area (Å²) < 4.78 is 10.6. The molecule has 2 amide bonds. The summed E-state index contributed by atoms with van der Waals surface area (Å²) in [5, 5.41) is 14.1. The van der Waals surface area contributed by atoms with Crippen LogP contribution < -0.4 is 15.4 Å². The molecular weight excluding hydrogens is 448 g/mol. The molecule has 0 aromatic heterocycles. The van der Waals surface area contributed by atoms with Crippen molar-refractivity contribution in [1.29, 1.82) is 0 Å². The van der Waals surface area contributed by atoms with Crippen LogP contribution in [0.15, 0.2) is 72.8 Å². The lowest BCUT2D eigenvalue weighted by atomic mass is 9.98. The van der Waals surface area contributed by atoms with Crippen molar-refractivity contribution in [3.8, 4) is 16.9 Å². The Bertz CT molecular complexity index is 1200. The molecule has 0 fully saturated rings. The van der Waals surface area contributed by atoms with Gasteiger partial charge in [-0.15, -0.1) is 0 Å². The maximum absolute atomic E-state index is 12.4. The molecule has 3 aromatic rings. The smallest absolute Gasteiger partial charge is 0.407 e. The number of hydrogen-bond donors (Lipinski definition) is 3. The third kappa shape index (κ3) is 5.97. The summed E-state index contributed by atoms with van der Waals surface area (Å²) in [6.07, 6.45) is -0.555. The van der Waals surface area contributed by atoms with Crippen molar-refractivity contribution in [3.05, 3.63) is 83.9 Å². The number of ether oxygens (including phenoxy) is 2. The fraction of sp³-hybridized carbons (Fsp3) is 0.222. The van der Waals surface area contributed by atoms with Crippen LogP contribution in [-0.2, 0) is 14.3 Å². The van der Waals surface area contributed by atoms with Crippen LogP contribution in [0.5, 0.6) is 5.75 Å². The normalized spacial score (nSPS) is 12.7. The van der Waals surface area contributed by atoms with Gasteiger partial charge in [0.1, 0.15) is 12.4 Å². The summed E-state index contributed by atoms with van der Waals surface area (Å²) >= 11 is 0. The van der Waals surface area contributed by atoms with Gasteiger partial charge in [0.15, 0.2) is 6.61 Å². The Balaban J connectivity index is 1.27. The lowest BCUT2D eigenvalue weighted by molar-refractivity contribution is -0.139. The van der Waals surface area contributed by atoms with Crippen LogP contribution in [0.2, 0.25) is 0 Å². The van der Waals surface area contributed by atoms with E-state index in [0.717, 1.165) is 22.3 Å². The first-order valence-corrected chi connectivity index (χ1v) is 11.3. The van der Waals surface area contributed by atoms with E-state index in [1.807, 2.05) is 24.3 Å². The number of benzene rings is 3. The van der Waals surface area contributed by atoms with Crippen LogP contribution in [0, 0.1) is 0 Å². The third-order valence-corrected chi connectivity index (χ3v) is 5.68. The van der Waals surface area contributed by atoms with Gasteiger partial charge < -0.3 is 25.2 Å². The maximum Gasteiger partial charge on any atom is 0.407 e. The van der Waals surface area contributed by atoms with E-state index in [2.05, 4.69) is 34.9 Å². The molecule has 0 spiro atoms. The van der Waals surface area contributed by atoms with Gasteiger partial charge >= 0.3 is 12.1 Å². The van der Waals surface area contributed by atoms with E-state index in [9.17, 15) is 14.4 Å². The molecule has 0 aliphatic heterocycles. The summed E-state index contributed by atoms with van der Waals surface area (Å²) in [7, 11) is 0. The Hall–Kier alpha value is -4.33. The molecular formula is C27H26N2O6. The number of carbonyl (C=O) groups excluding carboxylic acids is 2. The highest BCUT2D eigenvalue weighted by Gasteiger charge is 2.29. The molecule has 1 aliphatic carbocycles. The molecule has 8 nitrogen and oxygen atoms in total. The van der Waals surface area contributed by atoms with Gasteiger partial charge in [-0.05, 0) is 41.3 Å². The van der Waals surface area contributed by atoms with Gasteiger partial charge in [-0.3, -0.25) is 4.79 Å². The van der Waals surface area contributed by atoms with Crippen molar-refractivity contribution in [1.82, 2.24) is 5.32 Å². The molecule has 4 rings (SSSR count). The maximum atomic E-state index is 12.4. The topological polar surface area (TPSA) is 114 Å². The fourth-order valence-electron chi connectivity index (χ4n) is 4.19. The molecule has 1 atom stereocenters. The molecule has 1 aliphatic rings. The highest BCUT2D eigenvalue weighted by Crippen LogP contribution is 2.44. The number of aliphatic carboxylic acids is 1. The first-order chi connectivity index (χ1) is 16.9. The Labute approximate surface area is 202 Å². The molecule has 3 aromatic carbocycles. The minimum Gasteiger partial charge on any atom is -0.482 e. The molecule has 0 unspecified atom stereocenters. The van der Waals surface area contributed by atoms with E-state index in [1.165, 1.54) is 6.07 Å². The summed E-state index contributed by atoms with van der Waals surface area (Å²) in [5.41, 5.74) is 5.03. The number of nitrogens with one attached hydrogen (secondary N) is 2. The number of rotatable bonds is 9. The molecule has 35 heavy (non-hydrogen) atoms. The number of fused-ring (bicyclic) bond motifs is 3. The predicted octanol–water partition coefficient (Wildman–Crippen LogP) is 4.41. The van der Waals surface area contributed by atoms with Crippen LogP contribution in [0.25, 0.3) is 11.1 Å². The number of anilines is 1. The SMILES string of the molecule is C[C@H](CC(=O)Nc1cccc(OCC(=O)O)c1)NC(=O)OCC1c2ccccc2-c2ccccc21. The van der Waals surface area contributed by atoms with Crippen molar-refractivity contribution in [2.75, 3.05) is 18.5 Å². The largest absolute Gasteiger partial charge is 0.482 e. The second-order valence-electron chi connectivity index (χ2n) is 8.33. The third-order valence-electron chi connectivity index (χ3n) is 5.68. The second kappa shape index (κ2) is 10.7. The average Bonchev–Trinajstić information content (AvgIpc) is 3.15. The number of carbonyl (C=O) groups is 3. The number of amides is 2. The van der Waals surface area contributed by atoms with Gasteiger partial charge in [0.25, 0.3) is 0 Å². The van der Waals surface area contributed by atoms with E-state index in [-0.39, 0.29) is 24.9 Å². The Kier molecular flexibility index (Phi) is 7.30. The average molecular weight is 475 g/mol. The van der Waals surface area contributed by atoms with E-state index < -0.39 is 24.7 Å². The van der Waals surface area contributed by atoms with E-state index in [4.69, 9.17) is 14.6 Å². The number of alkyl carbamates (subject to hydrolysis) is 1. The Morgan fingerprint density at radius 3 is 2.26 bits per heavy atom. The van der Waals surface area contributed by atoms with Crippen LogP contribution in [-0.4, -0.2) is 42.3 Å². The highest BCUT2D eigenvalue weighted by atomic mass is 16.5. The van der Waals surface area contributed by atoms with Gasteiger partial charge in [-0.1, -0.05) is 54.6 Å². The zero-order chi connectivity index (χ0) is 24.8. The van der Waals surface area contributed by atoms with Crippen molar-refractivity contribution in [3.63, 3.8) is 0 Å². The molecule has 3 N–H and O–H groups in total. The lowest BCUT2D eigenvalue weighted by Gasteiger charge is -2.17. The van der Waals surface area contributed by atoms with Crippen LogP contribution in [0.4, 0.5) is 10.5 Å². The van der Waals surface area contributed by atoms with Gasteiger partial charge in [-0.25, -0.2) is 9.59 Å². The van der Waals surface area contributed by atoms with Crippen molar-refractivity contribution in [2.24, 2.45) is 0 Å². The summed E-state index contributed by atoms with van der Waals surface area (Å²) in [6.45, 7) is 1.44. The van der Waals surface area contributed by atoms with E-state index in [0.29, 0.717) is 11.4 Å². The number of carboxylic acid groups (broad SMARTS) is 1. The van der Waals surface area contributed by atoms with E-state index in [1.54, 1.807) is 25.1 Å². The predicted molar refractivity (Wildman–Crippen MR) is 130 cm³/mol. The molecule has 0 heterocycles. The summed E-state index contributed by atoms with van der Waals surface area (Å²) in [6, 6.07) is 22.2. The monoisotopic (exact) mass is 474 g/mol. The minimum atomic E-state index is -1.09.